The fourth-order valence-electron chi connectivity index (χ4n) is 2.47. The molecule has 1 saturated heterocycles. The number of rotatable bonds is 3. The van der Waals surface area contributed by atoms with Gasteiger partial charge in [0.05, 0.1) is 5.60 Å². The summed E-state index contributed by atoms with van der Waals surface area (Å²) in [5.41, 5.74) is 6.70. The van der Waals surface area contributed by atoms with Crippen LogP contribution in [0.5, 0.6) is 0 Å². The SMILES string of the molecule is CN1CCC(O)(CC(N)c2ccccc2)CC1. The van der Waals surface area contributed by atoms with E-state index in [0.717, 1.165) is 31.5 Å². The van der Waals surface area contributed by atoms with Crippen LogP contribution in [0.1, 0.15) is 30.9 Å². The monoisotopic (exact) mass is 234 g/mol. The summed E-state index contributed by atoms with van der Waals surface area (Å²) in [5.74, 6) is 0. The summed E-state index contributed by atoms with van der Waals surface area (Å²) in [5, 5.41) is 10.5. The standard InChI is InChI=1S/C14H22N2O/c1-16-9-7-14(17,8-10-16)11-13(15)12-5-3-2-4-6-12/h2-6,13,17H,7-11,15H2,1H3. The molecule has 3 nitrogen and oxygen atoms in total. The van der Waals surface area contributed by atoms with Gasteiger partial charge in [0.2, 0.25) is 0 Å². The maximum Gasteiger partial charge on any atom is 0.0690 e. The average Bonchev–Trinajstić information content (AvgIpc) is 2.34. The van der Waals surface area contributed by atoms with Crippen LogP contribution in [0.4, 0.5) is 0 Å². The van der Waals surface area contributed by atoms with E-state index >= 15 is 0 Å². The molecule has 1 atom stereocenters. The number of aliphatic hydroxyl groups is 1. The topological polar surface area (TPSA) is 49.5 Å². The molecule has 0 amide bonds. The number of likely N-dealkylation sites (tertiary alicyclic amines) is 1. The maximum absolute atomic E-state index is 10.5. The Morgan fingerprint density at radius 2 is 1.88 bits per heavy atom. The van der Waals surface area contributed by atoms with Gasteiger partial charge >= 0.3 is 0 Å². The highest BCUT2D eigenvalue weighted by Gasteiger charge is 2.32. The van der Waals surface area contributed by atoms with Gasteiger partial charge in [-0.25, -0.2) is 0 Å². The van der Waals surface area contributed by atoms with Gasteiger partial charge in [0.1, 0.15) is 0 Å². The van der Waals surface area contributed by atoms with E-state index in [9.17, 15) is 5.11 Å². The molecule has 0 saturated carbocycles. The van der Waals surface area contributed by atoms with E-state index in [2.05, 4.69) is 11.9 Å². The zero-order valence-electron chi connectivity index (χ0n) is 10.5. The summed E-state index contributed by atoms with van der Waals surface area (Å²) in [4.78, 5) is 2.25. The van der Waals surface area contributed by atoms with Gasteiger partial charge in [-0.2, -0.15) is 0 Å². The maximum atomic E-state index is 10.5. The minimum Gasteiger partial charge on any atom is -0.390 e. The minimum atomic E-state index is -0.582. The first-order valence-electron chi connectivity index (χ1n) is 6.30. The summed E-state index contributed by atoms with van der Waals surface area (Å²) >= 11 is 0. The average molecular weight is 234 g/mol. The second-order valence-corrected chi connectivity index (χ2v) is 5.25. The van der Waals surface area contributed by atoms with E-state index in [4.69, 9.17) is 5.73 Å². The van der Waals surface area contributed by atoms with Crippen LogP contribution in [-0.4, -0.2) is 35.7 Å². The van der Waals surface area contributed by atoms with Crippen molar-refractivity contribution >= 4 is 0 Å². The molecule has 0 aromatic heterocycles. The van der Waals surface area contributed by atoms with Gasteiger partial charge in [-0.1, -0.05) is 30.3 Å². The number of hydrogen-bond donors (Lipinski definition) is 2. The van der Waals surface area contributed by atoms with Crippen LogP contribution in [0, 0.1) is 0 Å². The predicted molar refractivity (Wildman–Crippen MR) is 69.7 cm³/mol. The van der Waals surface area contributed by atoms with Crippen molar-refractivity contribution in [2.75, 3.05) is 20.1 Å². The van der Waals surface area contributed by atoms with Crippen molar-refractivity contribution in [1.82, 2.24) is 4.90 Å². The van der Waals surface area contributed by atoms with Crippen LogP contribution in [0.3, 0.4) is 0 Å². The van der Waals surface area contributed by atoms with Crippen molar-refractivity contribution in [3.8, 4) is 0 Å². The number of piperidine rings is 1. The van der Waals surface area contributed by atoms with Gasteiger partial charge in [-0.15, -0.1) is 0 Å². The van der Waals surface area contributed by atoms with Crippen molar-refractivity contribution in [2.24, 2.45) is 5.73 Å². The Morgan fingerprint density at radius 3 is 2.47 bits per heavy atom. The lowest BCUT2D eigenvalue weighted by molar-refractivity contribution is -0.0272. The highest BCUT2D eigenvalue weighted by atomic mass is 16.3. The van der Waals surface area contributed by atoms with E-state index in [1.54, 1.807) is 0 Å². The highest BCUT2D eigenvalue weighted by molar-refractivity contribution is 5.19. The minimum absolute atomic E-state index is 0.0652. The van der Waals surface area contributed by atoms with Gasteiger partial charge in [0.15, 0.2) is 0 Å². The lowest BCUT2D eigenvalue weighted by atomic mass is 9.84. The molecule has 94 valence electrons. The Labute approximate surface area is 103 Å². The first-order chi connectivity index (χ1) is 8.09. The van der Waals surface area contributed by atoms with Crippen LogP contribution in [0.2, 0.25) is 0 Å². The third-order valence-corrected chi connectivity index (χ3v) is 3.75. The molecule has 1 heterocycles. The molecule has 1 aliphatic rings. The Balaban J connectivity index is 1.96. The Hall–Kier alpha value is -0.900. The number of benzene rings is 1. The lowest BCUT2D eigenvalue weighted by Crippen LogP contribution is -2.44. The van der Waals surface area contributed by atoms with E-state index in [0.29, 0.717) is 6.42 Å². The predicted octanol–water partition coefficient (Wildman–Crippen LogP) is 1.53. The van der Waals surface area contributed by atoms with Crippen LogP contribution in [0.15, 0.2) is 30.3 Å². The molecule has 1 aromatic rings. The Bertz CT molecular complexity index is 344. The van der Waals surface area contributed by atoms with Gasteiger partial charge in [0, 0.05) is 19.1 Å². The molecular formula is C14H22N2O. The van der Waals surface area contributed by atoms with Crippen LogP contribution >= 0.6 is 0 Å². The molecule has 0 bridgehead atoms. The second kappa shape index (κ2) is 5.17. The zero-order chi connectivity index (χ0) is 12.3. The molecule has 3 N–H and O–H groups in total. The summed E-state index contributed by atoms with van der Waals surface area (Å²) in [7, 11) is 2.09. The number of nitrogens with two attached hydrogens (primary N) is 1. The van der Waals surface area contributed by atoms with Crippen molar-refractivity contribution in [3.63, 3.8) is 0 Å². The second-order valence-electron chi connectivity index (χ2n) is 5.25. The van der Waals surface area contributed by atoms with E-state index < -0.39 is 5.60 Å². The van der Waals surface area contributed by atoms with Crippen LogP contribution < -0.4 is 5.73 Å². The molecule has 0 radical (unpaired) electrons. The van der Waals surface area contributed by atoms with Gasteiger partial charge in [-0.3, -0.25) is 0 Å². The van der Waals surface area contributed by atoms with Crippen molar-refractivity contribution in [3.05, 3.63) is 35.9 Å². The lowest BCUT2D eigenvalue weighted by Gasteiger charge is -2.38. The number of hydrogen-bond acceptors (Lipinski definition) is 3. The van der Waals surface area contributed by atoms with Gasteiger partial charge in [-0.05, 0) is 31.9 Å². The van der Waals surface area contributed by atoms with E-state index in [-0.39, 0.29) is 6.04 Å². The summed E-state index contributed by atoms with van der Waals surface area (Å²) < 4.78 is 0. The quantitative estimate of drug-likeness (QED) is 0.834. The highest BCUT2D eigenvalue weighted by Crippen LogP contribution is 2.30. The zero-order valence-corrected chi connectivity index (χ0v) is 10.5. The molecule has 1 fully saturated rings. The third kappa shape index (κ3) is 3.28. The smallest absolute Gasteiger partial charge is 0.0690 e. The first kappa shape index (κ1) is 12.6. The first-order valence-corrected chi connectivity index (χ1v) is 6.30. The Kier molecular flexibility index (Phi) is 3.82. The van der Waals surface area contributed by atoms with Crippen LogP contribution in [0.25, 0.3) is 0 Å². The molecule has 3 heteroatoms. The van der Waals surface area contributed by atoms with Gasteiger partial charge < -0.3 is 15.7 Å². The van der Waals surface area contributed by atoms with Crippen molar-refractivity contribution in [1.29, 1.82) is 0 Å². The molecule has 2 rings (SSSR count). The van der Waals surface area contributed by atoms with E-state index in [1.165, 1.54) is 0 Å². The van der Waals surface area contributed by atoms with Gasteiger partial charge in [0.25, 0.3) is 0 Å². The largest absolute Gasteiger partial charge is 0.390 e. The van der Waals surface area contributed by atoms with Crippen molar-refractivity contribution in [2.45, 2.75) is 30.9 Å². The van der Waals surface area contributed by atoms with Crippen LogP contribution in [-0.2, 0) is 0 Å². The Morgan fingerprint density at radius 1 is 1.29 bits per heavy atom. The summed E-state index contributed by atoms with van der Waals surface area (Å²) in [6.07, 6.45) is 2.30. The van der Waals surface area contributed by atoms with Crippen molar-refractivity contribution < 1.29 is 5.11 Å². The molecule has 0 spiro atoms. The summed E-state index contributed by atoms with van der Waals surface area (Å²) in [6.45, 7) is 1.91. The molecular weight excluding hydrogens is 212 g/mol. The molecule has 1 unspecified atom stereocenters. The fourth-order valence-corrected chi connectivity index (χ4v) is 2.47. The molecule has 0 aliphatic carbocycles. The normalized spacial score (nSPS) is 22.3. The fraction of sp³-hybridized carbons (Fsp3) is 0.571. The molecule has 1 aromatic carbocycles. The number of nitrogens with zero attached hydrogens (tertiary/aromatic N) is 1. The molecule has 17 heavy (non-hydrogen) atoms. The van der Waals surface area contributed by atoms with E-state index in [1.807, 2.05) is 30.3 Å². The molecule has 1 aliphatic heterocycles. The third-order valence-electron chi connectivity index (χ3n) is 3.75. The summed E-state index contributed by atoms with van der Waals surface area (Å²) in [6, 6.07) is 9.97.